The maximum absolute atomic E-state index is 11.6. The van der Waals surface area contributed by atoms with E-state index in [1.165, 1.54) is 5.56 Å². The Balaban J connectivity index is 1.75. The van der Waals surface area contributed by atoms with Crippen LogP contribution in [0.4, 0.5) is 0 Å². The van der Waals surface area contributed by atoms with Crippen LogP contribution in [-0.2, 0) is 11.3 Å². The fraction of sp³-hybridized carbons (Fsp3) is 0.562. The number of carbonyl (C=O) groups is 1. The van der Waals surface area contributed by atoms with Crippen LogP contribution in [0.5, 0.6) is 0 Å². The van der Waals surface area contributed by atoms with Crippen molar-refractivity contribution in [3.05, 3.63) is 35.9 Å². The average molecular weight is 291 g/mol. The maximum Gasteiger partial charge on any atom is 0.308 e. The fourth-order valence-corrected chi connectivity index (χ4v) is 5.20. The molecule has 3 unspecified atom stereocenters. The van der Waals surface area contributed by atoms with Crippen molar-refractivity contribution >= 4 is 17.7 Å². The number of aliphatic carboxylic acids is 1. The van der Waals surface area contributed by atoms with Crippen LogP contribution in [0.25, 0.3) is 0 Å². The second-order valence-electron chi connectivity index (χ2n) is 6.23. The van der Waals surface area contributed by atoms with Crippen LogP contribution in [-0.4, -0.2) is 40.1 Å². The van der Waals surface area contributed by atoms with E-state index in [2.05, 4.69) is 24.0 Å². The molecule has 4 heteroatoms. The summed E-state index contributed by atoms with van der Waals surface area (Å²) in [5, 5.41) is 10.2. The third-order valence-electron chi connectivity index (χ3n) is 4.61. The van der Waals surface area contributed by atoms with Gasteiger partial charge in [0.05, 0.1) is 5.92 Å². The van der Waals surface area contributed by atoms with Gasteiger partial charge in [-0.15, -0.1) is 0 Å². The summed E-state index contributed by atoms with van der Waals surface area (Å²) in [5.74, 6) is 0.176. The predicted octanol–water partition coefficient (Wildman–Crippen LogP) is 2.71. The molecule has 0 saturated carbocycles. The molecule has 2 saturated heterocycles. The number of likely N-dealkylation sites (tertiary alicyclic amines) is 1. The lowest BCUT2D eigenvalue weighted by Crippen LogP contribution is -2.35. The number of carboxylic acid groups (broad SMARTS) is 1. The maximum atomic E-state index is 11.6. The van der Waals surface area contributed by atoms with Crippen LogP contribution >= 0.6 is 11.8 Å². The van der Waals surface area contributed by atoms with Crippen molar-refractivity contribution in [2.75, 3.05) is 18.8 Å². The Morgan fingerprint density at radius 3 is 2.80 bits per heavy atom. The van der Waals surface area contributed by atoms with Crippen molar-refractivity contribution in [2.45, 2.75) is 25.1 Å². The van der Waals surface area contributed by atoms with Crippen LogP contribution in [0.3, 0.4) is 0 Å². The summed E-state index contributed by atoms with van der Waals surface area (Å²) >= 11 is 1.93. The minimum atomic E-state index is -0.615. The smallest absolute Gasteiger partial charge is 0.308 e. The third kappa shape index (κ3) is 2.59. The van der Waals surface area contributed by atoms with E-state index in [-0.39, 0.29) is 11.3 Å². The van der Waals surface area contributed by atoms with Crippen molar-refractivity contribution < 1.29 is 9.90 Å². The van der Waals surface area contributed by atoms with Crippen LogP contribution < -0.4 is 0 Å². The van der Waals surface area contributed by atoms with Gasteiger partial charge >= 0.3 is 5.97 Å². The van der Waals surface area contributed by atoms with Crippen molar-refractivity contribution in [3.8, 4) is 0 Å². The Bertz CT molecular complexity index is 493. The van der Waals surface area contributed by atoms with Gasteiger partial charge < -0.3 is 5.11 Å². The predicted molar refractivity (Wildman–Crippen MR) is 81.8 cm³/mol. The molecule has 108 valence electrons. The van der Waals surface area contributed by atoms with E-state index in [0.29, 0.717) is 11.8 Å². The first-order valence-corrected chi connectivity index (χ1v) is 8.25. The molecule has 0 aliphatic carbocycles. The number of benzene rings is 1. The van der Waals surface area contributed by atoms with Gasteiger partial charge in [-0.1, -0.05) is 37.3 Å². The molecule has 0 radical (unpaired) electrons. The number of thioether (sulfide) groups is 1. The number of hydrogen-bond acceptors (Lipinski definition) is 3. The van der Waals surface area contributed by atoms with E-state index in [1.807, 2.05) is 30.0 Å². The fourth-order valence-electron chi connectivity index (χ4n) is 3.73. The lowest BCUT2D eigenvalue weighted by molar-refractivity contribution is -0.144. The highest BCUT2D eigenvalue weighted by Gasteiger charge is 2.53. The van der Waals surface area contributed by atoms with E-state index >= 15 is 0 Å². The molecule has 2 aliphatic rings. The number of rotatable bonds is 3. The molecule has 1 N–H and O–H groups in total. The third-order valence-corrected chi connectivity index (χ3v) is 6.09. The summed E-state index contributed by atoms with van der Waals surface area (Å²) in [4.78, 5) is 14.0. The van der Waals surface area contributed by atoms with E-state index < -0.39 is 5.97 Å². The molecule has 20 heavy (non-hydrogen) atoms. The molecule has 3 rings (SSSR count). The van der Waals surface area contributed by atoms with Crippen LogP contribution in [0, 0.1) is 11.3 Å². The number of hydrogen-bond donors (Lipinski definition) is 1. The highest BCUT2D eigenvalue weighted by molar-refractivity contribution is 8.00. The molecule has 0 bridgehead atoms. The molecule has 1 aromatic carbocycles. The van der Waals surface area contributed by atoms with Gasteiger partial charge in [0, 0.05) is 36.1 Å². The van der Waals surface area contributed by atoms with Gasteiger partial charge in [-0.2, -0.15) is 11.8 Å². The molecule has 3 nitrogen and oxygen atoms in total. The number of nitrogens with zero attached hydrogens (tertiary/aromatic N) is 1. The second-order valence-corrected chi connectivity index (χ2v) is 7.66. The standard InChI is InChI=1S/C16H21NO2S/c1-12-7-16(11-20-12)10-17(9-14(16)15(18)19)8-13-5-3-2-4-6-13/h2-6,12,14H,7-11H2,1H3,(H,18,19). The first-order valence-electron chi connectivity index (χ1n) is 7.20. The Labute approximate surface area is 124 Å². The SMILES string of the molecule is CC1CC2(CS1)CN(Cc1ccccc1)CC2C(=O)O. The molecular weight excluding hydrogens is 270 g/mol. The normalized spacial score (nSPS) is 33.9. The summed E-state index contributed by atoms with van der Waals surface area (Å²) in [6.45, 7) is 4.71. The Hall–Kier alpha value is -1.00. The molecule has 2 heterocycles. The molecule has 2 fully saturated rings. The average Bonchev–Trinajstić information content (AvgIpc) is 2.95. The monoisotopic (exact) mass is 291 g/mol. The lowest BCUT2D eigenvalue weighted by Gasteiger charge is -2.27. The molecule has 2 aliphatic heterocycles. The zero-order valence-corrected chi connectivity index (χ0v) is 12.6. The van der Waals surface area contributed by atoms with Gasteiger partial charge in [0.1, 0.15) is 0 Å². The first-order chi connectivity index (χ1) is 9.59. The molecular formula is C16H21NO2S. The van der Waals surface area contributed by atoms with Gasteiger partial charge in [-0.3, -0.25) is 9.69 Å². The Kier molecular flexibility index (Phi) is 3.78. The second kappa shape index (κ2) is 5.41. The molecule has 0 aromatic heterocycles. The Morgan fingerprint density at radius 1 is 1.45 bits per heavy atom. The van der Waals surface area contributed by atoms with Gasteiger partial charge in [-0.25, -0.2) is 0 Å². The molecule has 0 amide bonds. The minimum absolute atomic E-state index is 0.00923. The highest BCUT2D eigenvalue weighted by Crippen LogP contribution is 2.50. The van der Waals surface area contributed by atoms with E-state index in [0.717, 1.165) is 25.3 Å². The summed E-state index contributed by atoms with van der Waals surface area (Å²) in [6.07, 6.45) is 1.04. The van der Waals surface area contributed by atoms with Crippen molar-refractivity contribution in [1.82, 2.24) is 4.90 Å². The summed E-state index contributed by atoms with van der Waals surface area (Å²) < 4.78 is 0. The summed E-state index contributed by atoms with van der Waals surface area (Å²) in [7, 11) is 0. The van der Waals surface area contributed by atoms with Crippen molar-refractivity contribution in [2.24, 2.45) is 11.3 Å². The number of carboxylic acids is 1. The van der Waals surface area contributed by atoms with E-state index in [9.17, 15) is 9.90 Å². The van der Waals surface area contributed by atoms with Gasteiger partial charge in [0.15, 0.2) is 0 Å². The highest BCUT2D eigenvalue weighted by atomic mass is 32.2. The van der Waals surface area contributed by atoms with E-state index in [1.54, 1.807) is 0 Å². The molecule has 1 aromatic rings. The largest absolute Gasteiger partial charge is 0.481 e. The first kappa shape index (κ1) is 14.0. The van der Waals surface area contributed by atoms with Gasteiger partial charge in [0.25, 0.3) is 0 Å². The topological polar surface area (TPSA) is 40.5 Å². The molecule has 1 spiro atoms. The minimum Gasteiger partial charge on any atom is -0.481 e. The van der Waals surface area contributed by atoms with Crippen LogP contribution in [0.15, 0.2) is 30.3 Å². The lowest BCUT2D eigenvalue weighted by atomic mass is 9.76. The summed E-state index contributed by atoms with van der Waals surface area (Å²) in [6, 6.07) is 10.3. The zero-order valence-electron chi connectivity index (χ0n) is 11.8. The van der Waals surface area contributed by atoms with Crippen molar-refractivity contribution in [3.63, 3.8) is 0 Å². The Morgan fingerprint density at radius 2 is 2.20 bits per heavy atom. The quantitative estimate of drug-likeness (QED) is 0.929. The van der Waals surface area contributed by atoms with E-state index in [4.69, 9.17) is 0 Å². The zero-order chi connectivity index (χ0) is 14.2. The van der Waals surface area contributed by atoms with Crippen LogP contribution in [0.1, 0.15) is 18.9 Å². The van der Waals surface area contributed by atoms with Crippen molar-refractivity contribution in [1.29, 1.82) is 0 Å². The van der Waals surface area contributed by atoms with Crippen LogP contribution in [0.2, 0.25) is 0 Å². The molecule has 3 atom stereocenters. The van der Waals surface area contributed by atoms with Gasteiger partial charge in [-0.05, 0) is 12.0 Å². The van der Waals surface area contributed by atoms with Gasteiger partial charge in [0.2, 0.25) is 0 Å². The summed E-state index contributed by atoms with van der Waals surface area (Å²) in [5.41, 5.74) is 1.26.